The number of hydrogen-bond donors (Lipinski definition) is 0. The van der Waals surface area contributed by atoms with Gasteiger partial charge in [0, 0.05) is 22.3 Å². The number of carbonyl (C=O) groups excluding carboxylic acids is 1. The van der Waals surface area contributed by atoms with Gasteiger partial charge in [-0.05, 0) is 24.4 Å². The molecule has 3 aromatic rings. The third-order valence-corrected chi connectivity index (χ3v) is 3.49. The molecule has 96 valence electrons. The van der Waals surface area contributed by atoms with Gasteiger partial charge in [-0.15, -0.1) is 11.3 Å². The standard InChI is InChI=1S/C13H10N2O3S/c1-2-17-13(16)9-7-10(18-15-9)12-8-4-6-19-11(8)3-5-14-12/h3-7H,2H2,1H3. The van der Waals surface area contributed by atoms with E-state index in [1.54, 1.807) is 30.5 Å². The van der Waals surface area contributed by atoms with Crippen LogP contribution in [0.5, 0.6) is 0 Å². The van der Waals surface area contributed by atoms with Crippen molar-refractivity contribution in [3.63, 3.8) is 0 Å². The normalized spacial score (nSPS) is 10.8. The van der Waals surface area contributed by atoms with Crippen LogP contribution in [0.2, 0.25) is 0 Å². The molecule has 0 atom stereocenters. The monoisotopic (exact) mass is 274 g/mol. The van der Waals surface area contributed by atoms with Crippen molar-refractivity contribution in [2.75, 3.05) is 6.61 Å². The first-order chi connectivity index (χ1) is 9.29. The molecule has 0 aliphatic heterocycles. The van der Waals surface area contributed by atoms with Gasteiger partial charge in [0.05, 0.1) is 6.61 Å². The van der Waals surface area contributed by atoms with Gasteiger partial charge in [-0.3, -0.25) is 4.98 Å². The van der Waals surface area contributed by atoms with Crippen LogP contribution in [0.15, 0.2) is 34.3 Å². The first kappa shape index (κ1) is 11.9. The van der Waals surface area contributed by atoms with Crippen molar-refractivity contribution >= 4 is 27.4 Å². The summed E-state index contributed by atoms with van der Waals surface area (Å²) >= 11 is 1.62. The first-order valence-corrected chi connectivity index (χ1v) is 6.64. The number of ether oxygens (including phenoxy) is 1. The zero-order valence-electron chi connectivity index (χ0n) is 10.1. The van der Waals surface area contributed by atoms with Gasteiger partial charge >= 0.3 is 5.97 Å². The molecule has 0 bridgehead atoms. The number of rotatable bonds is 3. The Morgan fingerprint density at radius 2 is 2.37 bits per heavy atom. The van der Waals surface area contributed by atoms with Gasteiger partial charge in [0.1, 0.15) is 5.69 Å². The van der Waals surface area contributed by atoms with Crippen LogP contribution in [0.25, 0.3) is 21.5 Å². The molecule has 0 unspecified atom stereocenters. The van der Waals surface area contributed by atoms with Gasteiger partial charge in [-0.1, -0.05) is 5.16 Å². The molecule has 5 nitrogen and oxygen atoms in total. The lowest BCUT2D eigenvalue weighted by Gasteiger charge is -1.96. The summed E-state index contributed by atoms with van der Waals surface area (Å²) in [5.41, 5.74) is 0.840. The highest BCUT2D eigenvalue weighted by Gasteiger charge is 2.17. The van der Waals surface area contributed by atoms with Crippen molar-refractivity contribution in [3.8, 4) is 11.5 Å². The molecule has 3 rings (SSSR count). The van der Waals surface area contributed by atoms with Crippen molar-refractivity contribution in [2.45, 2.75) is 6.92 Å². The Morgan fingerprint density at radius 1 is 1.47 bits per heavy atom. The number of hydrogen-bond acceptors (Lipinski definition) is 6. The second-order valence-corrected chi connectivity index (χ2v) is 4.74. The topological polar surface area (TPSA) is 65.2 Å². The van der Waals surface area contributed by atoms with E-state index < -0.39 is 5.97 Å². The maximum atomic E-state index is 11.5. The molecule has 6 heteroatoms. The third kappa shape index (κ3) is 2.10. The van der Waals surface area contributed by atoms with Gasteiger partial charge in [-0.25, -0.2) is 4.79 Å². The molecular formula is C13H10N2O3S. The van der Waals surface area contributed by atoms with Gasteiger partial charge < -0.3 is 9.26 Å². The number of fused-ring (bicyclic) bond motifs is 1. The molecule has 0 aromatic carbocycles. The fraction of sp³-hybridized carbons (Fsp3) is 0.154. The number of nitrogens with zero attached hydrogens (tertiary/aromatic N) is 2. The Kier molecular flexibility index (Phi) is 3.00. The summed E-state index contributed by atoms with van der Waals surface area (Å²) in [4.78, 5) is 15.8. The molecule has 0 aliphatic carbocycles. The fourth-order valence-corrected chi connectivity index (χ4v) is 2.56. The Balaban J connectivity index is 2.03. The van der Waals surface area contributed by atoms with E-state index in [-0.39, 0.29) is 5.69 Å². The minimum Gasteiger partial charge on any atom is -0.461 e. The largest absolute Gasteiger partial charge is 0.461 e. The summed E-state index contributed by atoms with van der Waals surface area (Å²) < 4.78 is 11.2. The van der Waals surface area contributed by atoms with Crippen molar-refractivity contribution in [2.24, 2.45) is 0 Å². The molecule has 0 saturated carbocycles. The van der Waals surface area contributed by atoms with Crippen LogP contribution in [0.1, 0.15) is 17.4 Å². The lowest BCUT2D eigenvalue weighted by Crippen LogP contribution is -2.04. The summed E-state index contributed by atoms with van der Waals surface area (Å²) in [5.74, 6) is -0.0259. The molecule has 0 N–H and O–H groups in total. The van der Waals surface area contributed by atoms with Crippen LogP contribution in [0.3, 0.4) is 0 Å². The highest BCUT2D eigenvalue weighted by molar-refractivity contribution is 7.17. The number of esters is 1. The van der Waals surface area contributed by atoms with E-state index in [0.717, 1.165) is 10.1 Å². The highest BCUT2D eigenvalue weighted by Crippen LogP contribution is 2.30. The molecule has 0 aliphatic rings. The molecule has 0 radical (unpaired) electrons. The van der Waals surface area contributed by atoms with E-state index in [4.69, 9.17) is 9.26 Å². The summed E-state index contributed by atoms with van der Waals surface area (Å²) in [6, 6.07) is 5.46. The van der Waals surface area contributed by atoms with Gasteiger partial charge in [0.15, 0.2) is 11.5 Å². The molecular weight excluding hydrogens is 264 g/mol. The van der Waals surface area contributed by atoms with E-state index in [1.807, 2.05) is 17.5 Å². The molecule has 19 heavy (non-hydrogen) atoms. The SMILES string of the molecule is CCOC(=O)c1cc(-c2nccc3sccc23)on1. The predicted molar refractivity (Wildman–Crippen MR) is 71.1 cm³/mol. The van der Waals surface area contributed by atoms with Gasteiger partial charge in [0.2, 0.25) is 0 Å². The van der Waals surface area contributed by atoms with E-state index in [0.29, 0.717) is 18.1 Å². The zero-order valence-corrected chi connectivity index (χ0v) is 10.9. The van der Waals surface area contributed by atoms with Crippen LogP contribution in [-0.4, -0.2) is 22.7 Å². The van der Waals surface area contributed by atoms with Gasteiger partial charge in [-0.2, -0.15) is 0 Å². The third-order valence-electron chi connectivity index (χ3n) is 2.61. The number of thiophene rings is 1. The summed E-state index contributed by atoms with van der Waals surface area (Å²) in [6.45, 7) is 2.05. The highest BCUT2D eigenvalue weighted by atomic mass is 32.1. The van der Waals surface area contributed by atoms with Crippen LogP contribution >= 0.6 is 11.3 Å². The fourth-order valence-electron chi connectivity index (χ4n) is 1.78. The zero-order chi connectivity index (χ0) is 13.2. The average Bonchev–Trinajstić information content (AvgIpc) is 3.07. The van der Waals surface area contributed by atoms with Crippen LogP contribution in [0, 0.1) is 0 Å². The second kappa shape index (κ2) is 4.81. The predicted octanol–water partition coefficient (Wildman–Crippen LogP) is 3.13. The smallest absolute Gasteiger partial charge is 0.360 e. The van der Waals surface area contributed by atoms with Gasteiger partial charge in [0.25, 0.3) is 0 Å². The van der Waals surface area contributed by atoms with E-state index in [9.17, 15) is 4.79 Å². The van der Waals surface area contributed by atoms with E-state index in [1.165, 1.54) is 0 Å². The summed E-state index contributed by atoms with van der Waals surface area (Å²) in [5, 5.41) is 6.69. The average molecular weight is 274 g/mol. The van der Waals surface area contributed by atoms with Crippen LogP contribution in [-0.2, 0) is 4.74 Å². The molecule has 3 aromatic heterocycles. The summed E-state index contributed by atoms with van der Waals surface area (Å²) in [6.07, 6.45) is 1.71. The van der Waals surface area contributed by atoms with Crippen LogP contribution in [0.4, 0.5) is 0 Å². The van der Waals surface area contributed by atoms with Crippen molar-refractivity contribution < 1.29 is 14.1 Å². The van der Waals surface area contributed by atoms with Crippen LogP contribution < -0.4 is 0 Å². The Labute approximate surface area is 112 Å². The molecule has 0 spiro atoms. The Bertz CT molecular complexity index is 732. The molecule has 0 saturated heterocycles. The minimum absolute atomic E-state index is 0.158. The lowest BCUT2D eigenvalue weighted by atomic mass is 10.2. The maximum absolute atomic E-state index is 11.5. The Hall–Kier alpha value is -2.21. The number of aromatic nitrogens is 2. The number of pyridine rings is 1. The molecule has 0 amide bonds. The van der Waals surface area contributed by atoms with E-state index in [2.05, 4.69) is 10.1 Å². The summed E-state index contributed by atoms with van der Waals surface area (Å²) in [7, 11) is 0. The molecule has 3 heterocycles. The maximum Gasteiger partial charge on any atom is 0.360 e. The quantitative estimate of drug-likeness (QED) is 0.686. The lowest BCUT2D eigenvalue weighted by molar-refractivity contribution is 0.0514. The van der Waals surface area contributed by atoms with Crippen molar-refractivity contribution in [1.29, 1.82) is 0 Å². The van der Waals surface area contributed by atoms with E-state index >= 15 is 0 Å². The second-order valence-electron chi connectivity index (χ2n) is 3.79. The van der Waals surface area contributed by atoms with Crippen molar-refractivity contribution in [1.82, 2.24) is 10.1 Å². The Morgan fingerprint density at radius 3 is 3.21 bits per heavy atom. The number of carbonyl (C=O) groups is 1. The first-order valence-electron chi connectivity index (χ1n) is 5.76. The minimum atomic E-state index is -0.491. The van der Waals surface area contributed by atoms with Crippen molar-refractivity contribution in [3.05, 3.63) is 35.5 Å². The molecule has 0 fully saturated rings.